The second-order valence-corrected chi connectivity index (χ2v) is 3.36. The number of nitrogens with two attached hydrogens (primary N) is 1. The van der Waals surface area contributed by atoms with Gasteiger partial charge in [0, 0.05) is 17.8 Å². The van der Waals surface area contributed by atoms with E-state index in [0.29, 0.717) is 12.2 Å². The maximum absolute atomic E-state index is 12.9. The number of nitrogens with zero attached hydrogens (tertiary/aromatic N) is 2. The summed E-state index contributed by atoms with van der Waals surface area (Å²) in [5, 5.41) is 0. The van der Waals surface area contributed by atoms with E-state index >= 15 is 0 Å². The highest BCUT2D eigenvalue weighted by Crippen LogP contribution is 2.02. The van der Waals surface area contributed by atoms with Gasteiger partial charge in [0.25, 0.3) is 0 Å². The van der Waals surface area contributed by atoms with Crippen LogP contribution in [0.1, 0.15) is 12.5 Å². The van der Waals surface area contributed by atoms with E-state index < -0.39 is 11.8 Å². The van der Waals surface area contributed by atoms with E-state index in [-0.39, 0.29) is 5.84 Å². The third kappa shape index (κ3) is 5.58. The maximum atomic E-state index is 12.9. The molecule has 0 spiro atoms. The summed E-state index contributed by atoms with van der Waals surface area (Å²) in [6.07, 6.45) is 3.56. The Bertz CT molecular complexity index is 524. The molecule has 0 aliphatic rings. The fraction of sp³-hybridized carbons (Fsp3) is 0.154. The Labute approximate surface area is 110 Å². The van der Waals surface area contributed by atoms with Gasteiger partial charge in [-0.2, -0.15) is 0 Å². The van der Waals surface area contributed by atoms with Crippen molar-refractivity contribution in [1.82, 2.24) is 0 Å². The van der Waals surface area contributed by atoms with Gasteiger partial charge in [-0.3, -0.25) is 0 Å². The quantitative estimate of drug-likeness (QED) is 0.379. The molecule has 0 unspecified atom stereocenters. The van der Waals surface area contributed by atoms with Gasteiger partial charge in [-0.25, -0.2) is 19.2 Å². The largest absolute Gasteiger partial charge is 0.463 e. The molecule has 0 fully saturated rings. The van der Waals surface area contributed by atoms with E-state index in [4.69, 9.17) is 5.73 Å². The third-order valence-electron chi connectivity index (χ3n) is 1.97. The molecule has 0 saturated carbocycles. The molecule has 100 valence electrons. The Hall–Kier alpha value is -2.50. The second kappa shape index (κ2) is 7.75. The standard InChI is InChI=1S/C13H14FN3O2/c1-2-19-12(18)6-7-16-9-17-13(15)10-4-3-5-11(14)8-10/h3-9H,2H2,1H3,(H2,15,16,17)/b7-6+. The lowest BCUT2D eigenvalue weighted by Crippen LogP contribution is -2.13. The van der Waals surface area contributed by atoms with Crippen molar-refractivity contribution in [2.75, 3.05) is 6.61 Å². The average Bonchev–Trinajstić information content (AvgIpc) is 2.38. The molecule has 1 aromatic rings. The maximum Gasteiger partial charge on any atom is 0.332 e. The predicted molar refractivity (Wildman–Crippen MR) is 71.4 cm³/mol. The summed E-state index contributed by atoms with van der Waals surface area (Å²) in [5.74, 6) is -0.746. The second-order valence-electron chi connectivity index (χ2n) is 3.36. The molecule has 0 aliphatic carbocycles. The molecule has 1 rings (SSSR count). The third-order valence-corrected chi connectivity index (χ3v) is 1.97. The monoisotopic (exact) mass is 263 g/mol. The number of hydrogen-bond acceptors (Lipinski definition) is 3. The summed E-state index contributed by atoms with van der Waals surface area (Å²) >= 11 is 0. The average molecular weight is 263 g/mol. The molecule has 0 bridgehead atoms. The summed E-state index contributed by atoms with van der Waals surface area (Å²) < 4.78 is 17.6. The van der Waals surface area contributed by atoms with E-state index in [1.165, 1.54) is 24.4 Å². The summed E-state index contributed by atoms with van der Waals surface area (Å²) in [7, 11) is 0. The van der Waals surface area contributed by atoms with Crippen molar-refractivity contribution in [2.45, 2.75) is 6.92 Å². The van der Waals surface area contributed by atoms with Gasteiger partial charge in [-0.05, 0) is 19.1 Å². The van der Waals surface area contributed by atoms with Crippen molar-refractivity contribution in [3.05, 3.63) is 47.9 Å². The van der Waals surface area contributed by atoms with Gasteiger partial charge in [0.05, 0.1) is 6.61 Å². The van der Waals surface area contributed by atoms with Gasteiger partial charge >= 0.3 is 5.97 Å². The molecule has 0 radical (unpaired) electrons. The van der Waals surface area contributed by atoms with E-state index in [0.717, 1.165) is 12.4 Å². The Morgan fingerprint density at radius 3 is 3.00 bits per heavy atom. The van der Waals surface area contributed by atoms with Crippen LogP contribution < -0.4 is 5.73 Å². The highest BCUT2D eigenvalue weighted by Gasteiger charge is 1.98. The Balaban J connectivity index is 2.59. The topological polar surface area (TPSA) is 77.0 Å². The minimum absolute atomic E-state index is 0.132. The van der Waals surface area contributed by atoms with Crippen LogP contribution in [0.15, 0.2) is 46.5 Å². The number of hydrogen-bond donors (Lipinski definition) is 1. The molecule has 0 heterocycles. The molecular weight excluding hydrogens is 249 g/mol. The highest BCUT2D eigenvalue weighted by molar-refractivity contribution is 6.01. The van der Waals surface area contributed by atoms with Crippen LogP contribution in [-0.2, 0) is 9.53 Å². The van der Waals surface area contributed by atoms with Crippen LogP contribution in [0.4, 0.5) is 4.39 Å². The lowest BCUT2D eigenvalue weighted by atomic mass is 10.2. The first-order chi connectivity index (χ1) is 9.13. The van der Waals surface area contributed by atoms with Crippen molar-refractivity contribution in [3.63, 3.8) is 0 Å². The van der Waals surface area contributed by atoms with Gasteiger partial charge < -0.3 is 10.5 Å². The van der Waals surface area contributed by atoms with Crippen molar-refractivity contribution >= 4 is 18.1 Å². The zero-order valence-electron chi connectivity index (χ0n) is 10.4. The van der Waals surface area contributed by atoms with Crippen LogP contribution in [0, 0.1) is 5.82 Å². The van der Waals surface area contributed by atoms with Crippen LogP contribution in [0.3, 0.4) is 0 Å². The van der Waals surface area contributed by atoms with Gasteiger partial charge in [0.1, 0.15) is 18.0 Å². The molecule has 0 aromatic heterocycles. The number of rotatable bonds is 5. The van der Waals surface area contributed by atoms with Crippen LogP contribution in [-0.4, -0.2) is 24.8 Å². The summed E-state index contributed by atoms with van der Waals surface area (Å²) in [5.41, 5.74) is 6.09. The summed E-state index contributed by atoms with van der Waals surface area (Å²) in [4.78, 5) is 18.4. The molecule has 1 aromatic carbocycles. The van der Waals surface area contributed by atoms with Gasteiger partial charge in [0.2, 0.25) is 0 Å². The predicted octanol–water partition coefficient (Wildman–Crippen LogP) is 1.64. The molecule has 0 saturated heterocycles. The van der Waals surface area contributed by atoms with E-state index in [2.05, 4.69) is 14.7 Å². The minimum atomic E-state index is -0.485. The van der Waals surface area contributed by atoms with Gasteiger partial charge in [-0.1, -0.05) is 12.1 Å². The zero-order chi connectivity index (χ0) is 14.1. The fourth-order valence-electron chi connectivity index (χ4n) is 1.15. The lowest BCUT2D eigenvalue weighted by Gasteiger charge is -1.98. The lowest BCUT2D eigenvalue weighted by molar-refractivity contribution is -0.137. The number of ether oxygens (including phenoxy) is 1. The number of aliphatic imine (C=N–C) groups is 2. The van der Waals surface area contributed by atoms with Gasteiger partial charge in [0.15, 0.2) is 0 Å². The SMILES string of the molecule is CCOC(=O)/C=C/N=CN=C(N)c1cccc(F)c1. The number of esters is 1. The van der Waals surface area contributed by atoms with E-state index in [1.54, 1.807) is 13.0 Å². The number of halogens is 1. The molecule has 5 nitrogen and oxygen atoms in total. The Morgan fingerprint density at radius 2 is 2.32 bits per heavy atom. The minimum Gasteiger partial charge on any atom is -0.463 e. The van der Waals surface area contributed by atoms with E-state index in [9.17, 15) is 9.18 Å². The molecule has 2 N–H and O–H groups in total. The van der Waals surface area contributed by atoms with Crippen molar-refractivity contribution < 1.29 is 13.9 Å². The highest BCUT2D eigenvalue weighted by atomic mass is 19.1. The zero-order valence-corrected chi connectivity index (χ0v) is 10.4. The first-order valence-corrected chi connectivity index (χ1v) is 5.57. The van der Waals surface area contributed by atoms with Crippen LogP contribution in [0.2, 0.25) is 0 Å². The number of carbonyl (C=O) groups is 1. The first-order valence-electron chi connectivity index (χ1n) is 5.57. The summed E-state index contributed by atoms with van der Waals surface area (Å²) in [6, 6.07) is 5.74. The Kier molecular flexibility index (Phi) is 5.94. The fourth-order valence-corrected chi connectivity index (χ4v) is 1.15. The van der Waals surface area contributed by atoms with Crippen LogP contribution in [0.25, 0.3) is 0 Å². The van der Waals surface area contributed by atoms with Crippen molar-refractivity contribution in [3.8, 4) is 0 Å². The Morgan fingerprint density at radius 1 is 1.53 bits per heavy atom. The molecular formula is C13H14FN3O2. The molecule has 6 heteroatoms. The van der Waals surface area contributed by atoms with Crippen LogP contribution in [0.5, 0.6) is 0 Å². The molecule has 0 atom stereocenters. The first kappa shape index (κ1) is 14.6. The van der Waals surface area contributed by atoms with Crippen LogP contribution >= 0.6 is 0 Å². The van der Waals surface area contributed by atoms with Crippen molar-refractivity contribution in [2.24, 2.45) is 15.7 Å². The number of carbonyl (C=O) groups excluding carboxylic acids is 1. The van der Waals surface area contributed by atoms with Crippen molar-refractivity contribution in [1.29, 1.82) is 0 Å². The smallest absolute Gasteiger partial charge is 0.332 e. The molecule has 0 aliphatic heterocycles. The molecule has 19 heavy (non-hydrogen) atoms. The normalized spacial score (nSPS) is 12.2. The number of benzene rings is 1. The number of amidine groups is 1. The molecule has 0 amide bonds. The summed E-state index contributed by atoms with van der Waals surface area (Å²) in [6.45, 7) is 2.01. The van der Waals surface area contributed by atoms with Gasteiger partial charge in [-0.15, -0.1) is 0 Å². The van der Waals surface area contributed by atoms with E-state index in [1.807, 2.05) is 0 Å².